The highest BCUT2D eigenvalue weighted by Crippen LogP contribution is 2.18. The minimum atomic E-state index is 0.545. The molecular formula is C10H19N3OS. The molecule has 1 rings (SSSR count). The van der Waals surface area contributed by atoms with Crippen molar-refractivity contribution in [2.24, 2.45) is 5.92 Å². The summed E-state index contributed by atoms with van der Waals surface area (Å²) in [7, 11) is 0. The maximum absolute atomic E-state index is 5.28. The van der Waals surface area contributed by atoms with Crippen molar-refractivity contribution in [1.82, 2.24) is 15.5 Å². The maximum atomic E-state index is 5.28. The molecule has 1 atom stereocenters. The van der Waals surface area contributed by atoms with E-state index >= 15 is 0 Å². The summed E-state index contributed by atoms with van der Waals surface area (Å²) in [6, 6.07) is 0.545. The third kappa shape index (κ3) is 5.18. The predicted molar refractivity (Wildman–Crippen MR) is 62.1 cm³/mol. The first-order valence-electron chi connectivity index (χ1n) is 5.24. The summed E-state index contributed by atoms with van der Waals surface area (Å²) in [6.45, 7) is 9.35. The third-order valence-corrected chi connectivity index (χ3v) is 3.02. The fourth-order valence-electron chi connectivity index (χ4n) is 1.05. The monoisotopic (exact) mass is 229 g/mol. The molecule has 15 heavy (non-hydrogen) atoms. The lowest BCUT2D eigenvalue weighted by molar-refractivity contribution is 0.428. The Hall–Kier alpha value is -0.550. The predicted octanol–water partition coefficient (Wildman–Crippen LogP) is 2.10. The van der Waals surface area contributed by atoms with Crippen molar-refractivity contribution in [3.63, 3.8) is 0 Å². The van der Waals surface area contributed by atoms with Crippen molar-refractivity contribution in [1.29, 1.82) is 0 Å². The lowest BCUT2D eigenvalue weighted by Gasteiger charge is -2.13. The van der Waals surface area contributed by atoms with Crippen LogP contribution in [0.25, 0.3) is 0 Å². The van der Waals surface area contributed by atoms with Gasteiger partial charge in [-0.25, -0.2) is 0 Å². The van der Waals surface area contributed by atoms with Gasteiger partial charge in [-0.3, -0.25) is 0 Å². The van der Waals surface area contributed by atoms with Gasteiger partial charge in [0.25, 0.3) is 5.22 Å². The van der Waals surface area contributed by atoms with Crippen molar-refractivity contribution in [2.75, 3.05) is 12.3 Å². The molecule has 0 aliphatic rings. The van der Waals surface area contributed by atoms with E-state index in [0.717, 1.165) is 12.3 Å². The van der Waals surface area contributed by atoms with Gasteiger partial charge in [0, 0.05) is 18.7 Å². The first-order chi connectivity index (χ1) is 7.08. The summed E-state index contributed by atoms with van der Waals surface area (Å²) in [5, 5.41) is 11.8. The first kappa shape index (κ1) is 12.5. The molecule has 1 unspecified atom stereocenters. The number of aromatic nitrogens is 2. The van der Waals surface area contributed by atoms with Crippen LogP contribution in [-0.2, 0) is 0 Å². The van der Waals surface area contributed by atoms with E-state index in [1.807, 2.05) is 0 Å². The Kier molecular flexibility index (Phi) is 5.11. The Labute approximate surface area is 95.2 Å². The van der Waals surface area contributed by atoms with Crippen LogP contribution in [-0.4, -0.2) is 28.5 Å². The molecule has 5 heteroatoms. The van der Waals surface area contributed by atoms with E-state index in [0.29, 0.717) is 23.1 Å². The molecule has 0 radical (unpaired) electrons. The van der Waals surface area contributed by atoms with Crippen LogP contribution < -0.4 is 5.32 Å². The average molecular weight is 229 g/mol. The van der Waals surface area contributed by atoms with Crippen LogP contribution in [0.5, 0.6) is 0 Å². The molecule has 0 amide bonds. The molecule has 0 aliphatic heterocycles. The number of thioether (sulfide) groups is 1. The Morgan fingerprint density at radius 1 is 1.33 bits per heavy atom. The van der Waals surface area contributed by atoms with Crippen LogP contribution >= 0.6 is 11.8 Å². The minimum absolute atomic E-state index is 0.545. The molecule has 0 saturated carbocycles. The van der Waals surface area contributed by atoms with Gasteiger partial charge in [-0.1, -0.05) is 32.5 Å². The molecule has 4 nitrogen and oxygen atoms in total. The fraction of sp³-hybridized carbons (Fsp3) is 0.800. The maximum Gasteiger partial charge on any atom is 0.276 e. The number of nitrogens with one attached hydrogen (secondary N) is 1. The standard InChI is InChI=1S/C10H19N3OS/c1-7(2)11-5-8(3)6-15-10-13-12-9(4)14-10/h7-8,11H,5-6H2,1-4H3. The number of hydrogen-bond acceptors (Lipinski definition) is 5. The lowest BCUT2D eigenvalue weighted by Crippen LogP contribution is -2.28. The summed E-state index contributed by atoms with van der Waals surface area (Å²) in [4.78, 5) is 0. The molecule has 0 aliphatic carbocycles. The lowest BCUT2D eigenvalue weighted by atomic mass is 10.2. The number of aryl methyl sites for hydroxylation is 1. The van der Waals surface area contributed by atoms with E-state index in [4.69, 9.17) is 4.42 Å². The van der Waals surface area contributed by atoms with E-state index in [9.17, 15) is 0 Å². The van der Waals surface area contributed by atoms with E-state index in [-0.39, 0.29) is 0 Å². The summed E-state index contributed by atoms with van der Waals surface area (Å²) in [6.07, 6.45) is 0. The van der Waals surface area contributed by atoms with E-state index < -0.39 is 0 Å². The number of nitrogens with zero attached hydrogens (tertiary/aromatic N) is 2. The van der Waals surface area contributed by atoms with Crippen LogP contribution in [0.15, 0.2) is 9.64 Å². The van der Waals surface area contributed by atoms with Gasteiger partial charge >= 0.3 is 0 Å². The zero-order valence-corrected chi connectivity index (χ0v) is 10.6. The zero-order valence-electron chi connectivity index (χ0n) is 9.78. The van der Waals surface area contributed by atoms with Gasteiger partial charge in [0.15, 0.2) is 0 Å². The molecule has 0 fully saturated rings. The molecule has 0 aromatic carbocycles. The highest BCUT2D eigenvalue weighted by molar-refractivity contribution is 7.99. The van der Waals surface area contributed by atoms with Crippen LogP contribution in [0.1, 0.15) is 26.7 Å². The van der Waals surface area contributed by atoms with Crippen LogP contribution in [0, 0.1) is 12.8 Å². The van der Waals surface area contributed by atoms with Gasteiger partial charge in [0.2, 0.25) is 5.89 Å². The first-order valence-corrected chi connectivity index (χ1v) is 6.22. The molecule has 1 aromatic heterocycles. The topological polar surface area (TPSA) is 51.0 Å². The second kappa shape index (κ2) is 6.12. The number of hydrogen-bond donors (Lipinski definition) is 1. The average Bonchev–Trinajstić information content (AvgIpc) is 2.58. The van der Waals surface area contributed by atoms with Crippen LogP contribution in [0.4, 0.5) is 0 Å². The molecule has 0 saturated heterocycles. The smallest absolute Gasteiger partial charge is 0.276 e. The second-order valence-electron chi connectivity index (χ2n) is 4.07. The summed E-state index contributed by atoms with van der Waals surface area (Å²) in [5.74, 6) is 2.23. The summed E-state index contributed by atoms with van der Waals surface area (Å²) in [5.41, 5.74) is 0. The molecule has 0 spiro atoms. The van der Waals surface area contributed by atoms with Crippen molar-refractivity contribution in [3.8, 4) is 0 Å². The quantitative estimate of drug-likeness (QED) is 0.757. The molecule has 1 N–H and O–H groups in total. The van der Waals surface area contributed by atoms with Crippen molar-refractivity contribution in [2.45, 2.75) is 39.0 Å². The highest BCUT2D eigenvalue weighted by atomic mass is 32.2. The molecule has 0 bridgehead atoms. The van der Waals surface area contributed by atoms with Gasteiger partial charge < -0.3 is 9.73 Å². The molecule has 1 aromatic rings. The van der Waals surface area contributed by atoms with Gasteiger partial charge in [0.1, 0.15) is 0 Å². The normalized spacial score (nSPS) is 13.4. The van der Waals surface area contributed by atoms with Gasteiger partial charge in [0.05, 0.1) is 0 Å². The van der Waals surface area contributed by atoms with Crippen LogP contribution in [0.3, 0.4) is 0 Å². The van der Waals surface area contributed by atoms with E-state index in [1.54, 1.807) is 18.7 Å². The third-order valence-electron chi connectivity index (χ3n) is 1.87. The number of rotatable bonds is 6. The van der Waals surface area contributed by atoms with Crippen molar-refractivity contribution >= 4 is 11.8 Å². The molecule has 1 heterocycles. The van der Waals surface area contributed by atoms with Crippen molar-refractivity contribution in [3.05, 3.63) is 5.89 Å². The van der Waals surface area contributed by atoms with Gasteiger partial charge in [-0.05, 0) is 12.5 Å². The summed E-state index contributed by atoms with van der Waals surface area (Å²) < 4.78 is 5.28. The molecular weight excluding hydrogens is 210 g/mol. The van der Waals surface area contributed by atoms with E-state index in [1.165, 1.54) is 0 Å². The van der Waals surface area contributed by atoms with E-state index in [2.05, 4.69) is 36.3 Å². The Morgan fingerprint density at radius 2 is 2.07 bits per heavy atom. The Bertz CT molecular complexity index is 288. The van der Waals surface area contributed by atoms with Crippen LogP contribution in [0.2, 0.25) is 0 Å². The zero-order chi connectivity index (χ0) is 11.3. The fourth-order valence-corrected chi connectivity index (χ4v) is 1.87. The minimum Gasteiger partial charge on any atom is -0.416 e. The second-order valence-corrected chi connectivity index (χ2v) is 5.04. The highest BCUT2D eigenvalue weighted by Gasteiger charge is 2.07. The Morgan fingerprint density at radius 3 is 2.60 bits per heavy atom. The van der Waals surface area contributed by atoms with Crippen molar-refractivity contribution < 1.29 is 4.42 Å². The Balaban J connectivity index is 2.19. The molecule has 86 valence electrons. The van der Waals surface area contributed by atoms with Gasteiger partial charge in [-0.15, -0.1) is 10.2 Å². The largest absolute Gasteiger partial charge is 0.416 e. The van der Waals surface area contributed by atoms with Gasteiger partial charge in [-0.2, -0.15) is 0 Å². The SMILES string of the molecule is Cc1nnc(SCC(C)CNC(C)C)o1. The summed E-state index contributed by atoms with van der Waals surface area (Å²) >= 11 is 1.62.